The second-order valence-electron chi connectivity index (χ2n) is 5.95. The third-order valence-corrected chi connectivity index (χ3v) is 4.54. The van der Waals surface area contributed by atoms with Crippen LogP contribution in [-0.2, 0) is 12.8 Å². The van der Waals surface area contributed by atoms with Crippen molar-refractivity contribution >= 4 is 0 Å². The zero-order valence-corrected chi connectivity index (χ0v) is 11.5. The summed E-state index contributed by atoms with van der Waals surface area (Å²) in [6, 6.07) is 14.5. The van der Waals surface area contributed by atoms with Crippen LogP contribution in [0.25, 0.3) is 0 Å². The van der Waals surface area contributed by atoms with Gasteiger partial charge in [0, 0.05) is 12.3 Å². The predicted octanol–water partition coefficient (Wildman–Crippen LogP) is 3.38. The van der Waals surface area contributed by atoms with Crippen molar-refractivity contribution < 1.29 is 9.84 Å². The van der Waals surface area contributed by atoms with Gasteiger partial charge >= 0.3 is 0 Å². The first-order valence-corrected chi connectivity index (χ1v) is 7.28. The molecule has 0 bridgehead atoms. The van der Waals surface area contributed by atoms with E-state index >= 15 is 0 Å². The fraction of sp³-hybridized carbons (Fsp3) is 0.333. The molecular weight excluding hydrogens is 248 g/mol. The SMILES string of the molecule is CC1Cc2cc(C(O)C3Cc4ccccc43)ccc2O1. The molecule has 0 saturated carbocycles. The van der Waals surface area contributed by atoms with Crippen molar-refractivity contribution in [2.45, 2.75) is 37.9 Å². The van der Waals surface area contributed by atoms with E-state index in [2.05, 4.69) is 37.3 Å². The molecule has 20 heavy (non-hydrogen) atoms. The predicted molar refractivity (Wildman–Crippen MR) is 78.1 cm³/mol. The largest absolute Gasteiger partial charge is 0.490 e. The Morgan fingerprint density at radius 3 is 2.80 bits per heavy atom. The van der Waals surface area contributed by atoms with Crippen molar-refractivity contribution in [2.75, 3.05) is 0 Å². The summed E-state index contributed by atoms with van der Waals surface area (Å²) in [5.41, 5.74) is 4.90. The van der Waals surface area contributed by atoms with Gasteiger partial charge in [0.1, 0.15) is 11.9 Å². The van der Waals surface area contributed by atoms with Gasteiger partial charge < -0.3 is 9.84 Å². The highest BCUT2D eigenvalue weighted by Gasteiger charge is 2.33. The van der Waals surface area contributed by atoms with Crippen molar-refractivity contribution in [3.8, 4) is 5.75 Å². The Kier molecular flexibility index (Phi) is 2.61. The van der Waals surface area contributed by atoms with E-state index in [1.54, 1.807) is 0 Å². The lowest BCUT2D eigenvalue weighted by Crippen LogP contribution is -2.23. The van der Waals surface area contributed by atoms with Crippen LogP contribution >= 0.6 is 0 Å². The van der Waals surface area contributed by atoms with Gasteiger partial charge in [0.25, 0.3) is 0 Å². The summed E-state index contributed by atoms with van der Waals surface area (Å²) < 4.78 is 5.72. The van der Waals surface area contributed by atoms with Crippen LogP contribution in [0.3, 0.4) is 0 Å². The molecule has 2 aliphatic rings. The van der Waals surface area contributed by atoms with Gasteiger partial charge in [-0.3, -0.25) is 0 Å². The van der Waals surface area contributed by atoms with Gasteiger partial charge in [-0.15, -0.1) is 0 Å². The molecule has 2 aromatic carbocycles. The number of benzene rings is 2. The van der Waals surface area contributed by atoms with E-state index in [4.69, 9.17) is 4.74 Å². The summed E-state index contributed by atoms with van der Waals surface area (Å²) in [4.78, 5) is 0. The Morgan fingerprint density at radius 2 is 1.95 bits per heavy atom. The highest BCUT2D eigenvalue weighted by Crippen LogP contribution is 2.44. The molecule has 2 nitrogen and oxygen atoms in total. The fourth-order valence-corrected chi connectivity index (χ4v) is 3.44. The molecule has 2 aromatic rings. The molecule has 0 amide bonds. The molecule has 1 heterocycles. The third kappa shape index (κ3) is 1.75. The van der Waals surface area contributed by atoms with Gasteiger partial charge in [-0.1, -0.05) is 30.3 Å². The lowest BCUT2D eigenvalue weighted by atomic mass is 9.73. The maximum absolute atomic E-state index is 10.6. The Morgan fingerprint density at radius 1 is 1.10 bits per heavy atom. The Labute approximate surface area is 119 Å². The monoisotopic (exact) mass is 266 g/mol. The molecule has 102 valence electrons. The van der Waals surface area contributed by atoms with Crippen molar-refractivity contribution in [3.05, 3.63) is 64.7 Å². The van der Waals surface area contributed by atoms with Crippen LogP contribution in [0.5, 0.6) is 5.75 Å². The molecule has 3 unspecified atom stereocenters. The number of aliphatic hydroxyl groups is 1. The number of hydrogen-bond donors (Lipinski definition) is 1. The number of rotatable bonds is 2. The van der Waals surface area contributed by atoms with Crippen LogP contribution in [0.4, 0.5) is 0 Å². The molecule has 0 fully saturated rings. The van der Waals surface area contributed by atoms with Gasteiger partial charge in [0.05, 0.1) is 6.10 Å². The van der Waals surface area contributed by atoms with E-state index < -0.39 is 6.10 Å². The van der Waals surface area contributed by atoms with Crippen LogP contribution in [0.1, 0.15) is 41.2 Å². The summed E-state index contributed by atoms with van der Waals surface area (Å²) in [5.74, 6) is 1.21. The Bertz CT molecular complexity index is 662. The van der Waals surface area contributed by atoms with Gasteiger partial charge in [-0.2, -0.15) is 0 Å². The molecule has 4 rings (SSSR count). The van der Waals surface area contributed by atoms with Crippen molar-refractivity contribution in [1.82, 2.24) is 0 Å². The summed E-state index contributed by atoms with van der Waals surface area (Å²) in [6.07, 6.45) is 1.76. The highest BCUT2D eigenvalue weighted by molar-refractivity contribution is 5.45. The Balaban J connectivity index is 1.62. The maximum atomic E-state index is 10.6. The standard InChI is InChI=1S/C18H18O2/c1-11-8-14-9-13(6-7-17(14)20-11)18(19)16-10-12-4-2-3-5-15(12)16/h2-7,9,11,16,18-19H,8,10H2,1H3. The third-order valence-electron chi connectivity index (χ3n) is 4.54. The molecule has 0 spiro atoms. The quantitative estimate of drug-likeness (QED) is 0.903. The summed E-state index contributed by atoms with van der Waals surface area (Å²) in [5, 5.41) is 10.6. The van der Waals surface area contributed by atoms with E-state index in [0.717, 1.165) is 24.2 Å². The topological polar surface area (TPSA) is 29.5 Å². The molecule has 2 heteroatoms. The minimum Gasteiger partial charge on any atom is -0.490 e. The molecule has 1 aliphatic carbocycles. The number of hydrogen-bond acceptors (Lipinski definition) is 2. The van der Waals surface area contributed by atoms with Crippen LogP contribution in [0, 0.1) is 0 Å². The minimum atomic E-state index is -0.411. The second kappa shape index (κ2) is 4.35. The second-order valence-corrected chi connectivity index (χ2v) is 5.95. The van der Waals surface area contributed by atoms with Crippen molar-refractivity contribution in [2.24, 2.45) is 0 Å². The van der Waals surface area contributed by atoms with Gasteiger partial charge in [0.2, 0.25) is 0 Å². The van der Waals surface area contributed by atoms with E-state index in [0.29, 0.717) is 0 Å². The van der Waals surface area contributed by atoms with Crippen LogP contribution in [0.2, 0.25) is 0 Å². The zero-order chi connectivity index (χ0) is 13.7. The summed E-state index contributed by atoms with van der Waals surface area (Å²) in [6.45, 7) is 2.08. The van der Waals surface area contributed by atoms with Crippen LogP contribution < -0.4 is 4.74 Å². The molecule has 0 radical (unpaired) electrons. The van der Waals surface area contributed by atoms with E-state index in [-0.39, 0.29) is 12.0 Å². The average Bonchev–Trinajstić information content (AvgIpc) is 2.79. The number of aliphatic hydroxyl groups excluding tert-OH is 1. The maximum Gasteiger partial charge on any atom is 0.123 e. The van der Waals surface area contributed by atoms with Crippen molar-refractivity contribution in [3.63, 3.8) is 0 Å². The lowest BCUT2D eigenvalue weighted by molar-refractivity contribution is 0.134. The van der Waals surface area contributed by atoms with E-state index in [1.165, 1.54) is 16.7 Å². The first-order chi connectivity index (χ1) is 9.72. The van der Waals surface area contributed by atoms with E-state index in [9.17, 15) is 5.11 Å². The lowest BCUT2D eigenvalue weighted by Gasteiger charge is -2.34. The van der Waals surface area contributed by atoms with Crippen molar-refractivity contribution in [1.29, 1.82) is 0 Å². The first-order valence-electron chi connectivity index (χ1n) is 7.28. The Hall–Kier alpha value is -1.80. The van der Waals surface area contributed by atoms with Gasteiger partial charge in [-0.25, -0.2) is 0 Å². The molecule has 1 N–H and O–H groups in total. The van der Waals surface area contributed by atoms with E-state index in [1.807, 2.05) is 12.1 Å². The summed E-state index contributed by atoms with van der Waals surface area (Å²) >= 11 is 0. The minimum absolute atomic E-state index is 0.240. The number of ether oxygens (including phenoxy) is 1. The summed E-state index contributed by atoms with van der Waals surface area (Å²) in [7, 11) is 0. The van der Waals surface area contributed by atoms with Crippen LogP contribution in [-0.4, -0.2) is 11.2 Å². The molecule has 0 aromatic heterocycles. The number of fused-ring (bicyclic) bond motifs is 2. The van der Waals surface area contributed by atoms with Crippen LogP contribution in [0.15, 0.2) is 42.5 Å². The van der Waals surface area contributed by atoms with Gasteiger partial charge in [-0.05, 0) is 47.7 Å². The molecule has 3 atom stereocenters. The zero-order valence-electron chi connectivity index (χ0n) is 11.5. The highest BCUT2D eigenvalue weighted by atomic mass is 16.5. The normalized spacial score (nSPS) is 24.3. The molecular formula is C18H18O2. The average molecular weight is 266 g/mol. The molecule has 0 saturated heterocycles. The van der Waals surface area contributed by atoms with Gasteiger partial charge in [0.15, 0.2) is 0 Å². The smallest absolute Gasteiger partial charge is 0.123 e. The first kappa shape index (κ1) is 12.0. The fourth-order valence-electron chi connectivity index (χ4n) is 3.44. The molecule has 1 aliphatic heterocycles.